The molecule has 80 valence electrons. The average molecular weight is 260 g/mol. The molecule has 0 radical (unpaired) electrons. The summed E-state index contributed by atoms with van der Waals surface area (Å²) < 4.78 is 34.7. The van der Waals surface area contributed by atoms with E-state index in [2.05, 4.69) is 8.62 Å². The SMILES string of the molecule is O=P([O-])([O-])OP(=O)([O-])OP(=O)([O-])[O-].[Li+]. The molecule has 0 aromatic carbocycles. The first-order chi connectivity index (χ1) is 5.41. The first kappa shape index (κ1) is 17.4. The van der Waals surface area contributed by atoms with Crippen LogP contribution in [0.5, 0.6) is 0 Å². The van der Waals surface area contributed by atoms with Gasteiger partial charge in [-0.25, -0.2) is 0 Å². The molecule has 0 heterocycles. The number of hydrogen-bond donors (Lipinski definition) is 0. The molecule has 0 fully saturated rings. The molecule has 0 unspecified atom stereocenters. The van der Waals surface area contributed by atoms with Crippen molar-refractivity contribution in [3.63, 3.8) is 0 Å². The Balaban J connectivity index is 0. The van der Waals surface area contributed by atoms with Gasteiger partial charge in [-0.2, -0.15) is 0 Å². The molecule has 0 bridgehead atoms. The zero-order valence-electron chi connectivity index (χ0n) is 6.42. The zero-order valence-corrected chi connectivity index (χ0v) is 9.11. The Labute approximate surface area is 89.5 Å². The van der Waals surface area contributed by atoms with Crippen molar-refractivity contribution < 1.29 is 65.6 Å². The minimum atomic E-state index is -5.97. The first-order valence-electron chi connectivity index (χ1n) is 2.19. The maximum absolute atomic E-state index is 10.1. The van der Waals surface area contributed by atoms with Crippen molar-refractivity contribution >= 4 is 23.5 Å². The molecule has 10 nitrogen and oxygen atoms in total. The average Bonchev–Trinajstić information content (AvgIpc) is 1.43. The van der Waals surface area contributed by atoms with Crippen molar-refractivity contribution in [2.45, 2.75) is 0 Å². The molecule has 0 atom stereocenters. The fourth-order valence-corrected chi connectivity index (χ4v) is 2.61. The van der Waals surface area contributed by atoms with Gasteiger partial charge in [-0.1, -0.05) is 0 Å². The van der Waals surface area contributed by atoms with Crippen molar-refractivity contribution in [1.82, 2.24) is 0 Å². The molecule has 0 saturated heterocycles. The van der Waals surface area contributed by atoms with E-state index >= 15 is 0 Å². The maximum Gasteiger partial charge on any atom is 1.00 e. The van der Waals surface area contributed by atoms with Crippen LogP contribution in [0.3, 0.4) is 0 Å². The van der Waals surface area contributed by atoms with Gasteiger partial charge in [0.05, 0.1) is 15.6 Å². The van der Waals surface area contributed by atoms with E-state index in [0.29, 0.717) is 0 Å². The van der Waals surface area contributed by atoms with Crippen LogP contribution in [-0.4, -0.2) is 0 Å². The molecular weight excluding hydrogens is 260 g/mol. The van der Waals surface area contributed by atoms with E-state index in [9.17, 15) is 38.2 Å². The van der Waals surface area contributed by atoms with E-state index < -0.39 is 23.5 Å². The standard InChI is InChI=1S/Li.H5O10P3/c;1-11(2,3)9-13(7,8)10-12(4,5)6/h;(H,7,8)(H2,1,2,3)(H2,4,5,6)/q+1;/p-5. The Hall–Kier alpha value is 1.01. The third-order valence-electron chi connectivity index (χ3n) is 0.400. The normalized spacial score (nSPS) is 13.5. The molecule has 14 heavy (non-hydrogen) atoms. The van der Waals surface area contributed by atoms with Crippen molar-refractivity contribution in [3.8, 4) is 0 Å². The Bertz CT molecular complexity index is 277. The fourth-order valence-electron chi connectivity index (χ4n) is 0.260. The van der Waals surface area contributed by atoms with Crippen LogP contribution < -0.4 is 43.3 Å². The minimum absolute atomic E-state index is 0. The van der Waals surface area contributed by atoms with Crippen molar-refractivity contribution in [1.29, 1.82) is 0 Å². The van der Waals surface area contributed by atoms with E-state index in [1.807, 2.05) is 0 Å². The summed E-state index contributed by atoms with van der Waals surface area (Å²) in [7, 11) is -17.9. The topological polar surface area (TPSA) is 185 Å². The van der Waals surface area contributed by atoms with Gasteiger partial charge in [-0.3, -0.25) is 13.2 Å². The second-order valence-corrected chi connectivity index (χ2v) is 5.49. The van der Waals surface area contributed by atoms with E-state index in [1.165, 1.54) is 0 Å². The van der Waals surface area contributed by atoms with Gasteiger partial charge in [0, 0.05) is 0 Å². The Morgan fingerprint density at radius 3 is 1.07 bits per heavy atom. The summed E-state index contributed by atoms with van der Waals surface area (Å²) in [5, 5.41) is 0. The Morgan fingerprint density at radius 1 is 0.714 bits per heavy atom. The van der Waals surface area contributed by atoms with E-state index in [4.69, 9.17) is 0 Å². The van der Waals surface area contributed by atoms with Gasteiger partial charge in [0.15, 0.2) is 0 Å². The van der Waals surface area contributed by atoms with Crippen molar-refractivity contribution in [3.05, 3.63) is 0 Å². The van der Waals surface area contributed by atoms with Crippen LogP contribution in [0.15, 0.2) is 0 Å². The van der Waals surface area contributed by atoms with E-state index in [1.54, 1.807) is 0 Å². The molecule has 0 aromatic heterocycles. The Kier molecular flexibility index (Phi) is 6.68. The molecular formula is LiO10P3-4. The quantitative estimate of drug-likeness (QED) is 0.347. The van der Waals surface area contributed by atoms with Gasteiger partial charge in [0.25, 0.3) is 7.82 Å². The number of rotatable bonds is 4. The van der Waals surface area contributed by atoms with Gasteiger partial charge >= 0.3 is 18.9 Å². The molecule has 0 aliphatic heterocycles. The number of phosphoric acid groups is 3. The molecule has 0 saturated carbocycles. The summed E-state index contributed by atoms with van der Waals surface area (Å²) in [6.07, 6.45) is 0. The molecule has 0 N–H and O–H groups in total. The summed E-state index contributed by atoms with van der Waals surface area (Å²) in [6.45, 7) is 0. The predicted octanol–water partition coefficient (Wildman–Crippen LogP) is -6.85. The van der Waals surface area contributed by atoms with E-state index in [-0.39, 0.29) is 18.9 Å². The van der Waals surface area contributed by atoms with Crippen LogP contribution in [0.25, 0.3) is 0 Å². The minimum Gasteiger partial charge on any atom is -0.790 e. The summed E-state index contributed by atoms with van der Waals surface area (Å²) in [6, 6.07) is 0. The molecule has 0 rings (SSSR count). The smallest absolute Gasteiger partial charge is 0.790 e. The summed E-state index contributed by atoms with van der Waals surface area (Å²) in [4.78, 5) is 48.6. The largest absolute Gasteiger partial charge is 1.00 e. The van der Waals surface area contributed by atoms with Crippen LogP contribution in [0.1, 0.15) is 0 Å². The van der Waals surface area contributed by atoms with Gasteiger partial charge in [-0.15, -0.1) is 0 Å². The third kappa shape index (κ3) is 11.1. The first-order valence-corrected chi connectivity index (χ1v) is 6.57. The molecule has 0 aliphatic carbocycles. The van der Waals surface area contributed by atoms with Crippen LogP contribution in [-0.2, 0) is 22.3 Å². The summed E-state index contributed by atoms with van der Waals surface area (Å²) in [5.41, 5.74) is 0. The van der Waals surface area contributed by atoms with Gasteiger partial charge in [-0.05, 0) is 0 Å². The fraction of sp³-hybridized carbons (Fsp3) is 0. The monoisotopic (exact) mass is 260 g/mol. The van der Waals surface area contributed by atoms with Gasteiger partial charge < -0.3 is 33.6 Å². The number of hydrogen-bond acceptors (Lipinski definition) is 10. The second-order valence-electron chi connectivity index (χ2n) is 1.50. The molecule has 0 aliphatic rings. The van der Waals surface area contributed by atoms with Crippen LogP contribution in [0.4, 0.5) is 0 Å². The van der Waals surface area contributed by atoms with Crippen molar-refractivity contribution in [2.75, 3.05) is 0 Å². The molecule has 14 heteroatoms. The molecule has 0 amide bonds. The molecule has 0 spiro atoms. The zero-order chi connectivity index (χ0) is 10.9. The third-order valence-corrected chi connectivity index (χ3v) is 3.60. The van der Waals surface area contributed by atoms with Gasteiger partial charge in [0.2, 0.25) is 0 Å². The van der Waals surface area contributed by atoms with Crippen LogP contribution in [0.2, 0.25) is 0 Å². The maximum atomic E-state index is 10.1. The van der Waals surface area contributed by atoms with Crippen molar-refractivity contribution in [2.24, 2.45) is 0 Å². The summed E-state index contributed by atoms with van der Waals surface area (Å²) >= 11 is 0. The van der Waals surface area contributed by atoms with E-state index in [0.717, 1.165) is 0 Å². The Morgan fingerprint density at radius 2 is 0.929 bits per heavy atom. The van der Waals surface area contributed by atoms with Crippen LogP contribution in [0, 0.1) is 0 Å². The van der Waals surface area contributed by atoms with Gasteiger partial charge in [0.1, 0.15) is 0 Å². The molecule has 0 aromatic rings. The van der Waals surface area contributed by atoms with Crippen LogP contribution >= 0.6 is 23.5 Å². The summed E-state index contributed by atoms with van der Waals surface area (Å²) in [5.74, 6) is 0. The predicted molar refractivity (Wildman–Crippen MR) is 25.0 cm³/mol. The second kappa shape index (κ2) is 5.37.